The number of hydrogen-bond acceptors (Lipinski definition) is 4. The van der Waals surface area contributed by atoms with Crippen LogP contribution < -0.4 is 5.32 Å². The van der Waals surface area contributed by atoms with Crippen LogP contribution in [0.25, 0.3) is 0 Å². The average Bonchev–Trinajstić information content (AvgIpc) is 2.25. The minimum atomic E-state index is -0.513. The summed E-state index contributed by atoms with van der Waals surface area (Å²) in [6.07, 6.45) is 1.67. The lowest BCUT2D eigenvalue weighted by Crippen LogP contribution is -2.33. The highest BCUT2D eigenvalue weighted by atomic mass is 16.3. The number of amides is 1. The Morgan fingerprint density at radius 2 is 2.11 bits per heavy atom. The number of hydrogen-bond donors (Lipinski definition) is 2. The van der Waals surface area contributed by atoms with E-state index in [1.165, 1.54) is 6.20 Å². The van der Waals surface area contributed by atoms with E-state index in [2.05, 4.69) is 15.3 Å². The summed E-state index contributed by atoms with van der Waals surface area (Å²) in [6, 6.07) is 0. The van der Waals surface area contributed by atoms with Gasteiger partial charge < -0.3 is 10.4 Å². The van der Waals surface area contributed by atoms with Crippen LogP contribution in [0.2, 0.25) is 0 Å². The molecular formula is C13H21N3O2. The maximum atomic E-state index is 11.9. The van der Waals surface area contributed by atoms with Crippen molar-refractivity contribution in [3.63, 3.8) is 0 Å². The molecule has 5 heteroatoms. The topological polar surface area (TPSA) is 75.1 Å². The van der Waals surface area contributed by atoms with Gasteiger partial charge in [-0.25, -0.2) is 9.97 Å². The van der Waals surface area contributed by atoms with E-state index >= 15 is 0 Å². The van der Waals surface area contributed by atoms with Crippen molar-refractivity contribution in [2.45, 2.75) is 40.2 Å². The third-order valence-corrected chi connectivity index (χ3v) is 2.59. The average molecular weight is 251 g/mol. The quantitative estimate of drug-likeness (QED) is 0.825. The molecule has 2 N–H and O–H groups in total. The number of carbonyl (C=O) groups excluding carboxylic acids is 1. The maximum absolute atomic E-state index is 11.9. The van der Waals surface area contributed by atoms with Gasteiger partial charge in [0.05, 0.1) is 17.4 Å². The summed E-state index contributed by atoms with van der Waals surface area (Å²) >= 11 is 0. The van der Waals surface area contributed by atoms with Crippen LogP contribution in [0.5, 0.6) is 0 Å². The van der Waals surface area contributed by atoms with Crippen molar-refractivity contribution < 1.29 is 9.90 Å². The van der Waals surface area contributed by atoms with Gasteiger partial charge in [0.25, 0.3) is 5.91 Å². The first kappa shape index (κ1) is 14.6. The monoisotopic (exact) mass is 251 g/mol. The van der Waals surface area contributed by atoms with E-state index in [-0.39, 0.29) is 12.5 Å². The van der Waals surface area contributed by atoms with Gasteiger partial charge in [-0.2, -0.15) is 0 Å². The number of nitrogens with zero attached hydrogens (tertiary/aromatic N) is 2. The molecule has 0 spiro atoms. The first-order valence-corrected chi connectivity index (χ1v) is 6.16. The molecule has 1 atom stereocenters. The molecular weight excluding hydrogens is 230 g/mol. The number of aliphatic hydroxyl groups excluding tert-OH is 1. The fourth-order valence-corrected chi connectivity index (χ4v) is 1.74. The highest BCUT2D eigenvalue weighted by molar-refractivity contribution is 5.94. The standard InChI is InChI=1S/C13H21N3O2/c1-8(2)5-11(17)6-15-13(18)12-7-14-10(4)16-9(12)3/h7-8,11,17H,5-6H2,1-4H3,(H,15,18). The van der Waals surface area contributed by atoms with E-state index < -0.39 is 6.10 Å². The lowest BCUT2D eigenvalue weighted by molar-refractivity contribution is 0.0899. The smallest absolute Gasteiger partial charge is 0.254 e. The number of carbonyl (C=O) groups is 1. The number of nitrogens with one attached hydrogen (secondary N) is 1. The van der Waals surface area contributed by atoms with E-state index in [4.69, 9.17) is 0 Å². The summed E-state index contributed by atoms with van der Waals surface area (Å²) < 4.78 is 0. The molecule has 0 fully saturated rings. The number of aryl methyl sites for hydroxylation is 2. The summed E-state index contributed by atoms with van der Waals surface area (Å²) in [4.78, 5) is 20.0. The van der Waals surface area contributed by atoms with Crippen molar-refractivity contribution in [2.24, 2.45) is 5.92 Å². The molecule has 1 aromatic rings. The SMILES string of the molecule is Cc1ncc(C(=O)NCC(O)CC(C)C)c(C)n1. The summed E-state index contributed by atoms with van der Waals surface area (Å²) in [5.74, 6) is 0.806. The second-order valence-electron chi connectivity index (χ2n) is 4.91. The zero-order chi connectivity index (χ0) is 13.7. The maximum Gasteiger partial charge on any atom is 0.254 e. The molecule has 0 bridgehead atoms. The molecule has 0 aliphatic heterocycles. The Morgan fingerprint density at radius 1 is 1.44 bits per heavy atom. The second kappa shape index (κ2) is 6.44. The van der Waals surface area contributed by atoms with Crippen LogP contribution in [0.3, 0.4) is 0 Å². The molecule has 18 heavy (non-hydrogen) atoms. The van der Waals surface area contributed by atoms with Gasteiger partial charge in [-0.3, -0.25) is 4.79 Å². The van der Waals surface area contributed by atoms with Gasteiger partial charge in [0.15, 0.2) is 0 Å². The van der Waals surface area contributed by atoms with E-state index in [0.717, 1.165) is 0 Å². The lowest BCUT2D eigenvalue weighted by atomic mass is 10.1. The van der Waals surface area contributed by atoms with E-state index in [0.29, 0.717) is 29.4 Å². The van der Waals surface area contributed by atoms with Crippen LogP contribution >= 0.6 is 0 Å². The summed E-state index contributed by atoms with van der Waals surface area (Å²) in [5.41, 5.74) is 1.11. The van der Waals surface area contributed by atoms with Gasteiger partial charge in [0.2, 0.25) is 0 Å². The fraction of sp³-hybridized carbons (Fsp3) is 0.615. The van der Waals surface area contributed by atoms with Crippen molar-refractivity contribution >= 4 is 5.91 Å². The molecule has 1 unspecified atom stereocenters. The normalized spacial score (nSPS) is 12.6. The van der Waals surface area contributed by atoms with Crippen LogP contribution in [0, 0.1) is 19.8 Å². The minimum absolute atomic E-state index is 0.240. The summed E-state index contributed by atoms with van der Waals surface area (Å²) in [7, 11) is 0. The zero-order valence-corrected chi connectivity index (χ0v) is 11.4. The van der Waals surface area contributed by atoms with Crippen LogP contribution in [-0.4, -0.2) is 33.6 Å². The summed E-state index contributed by atoms with van der Waals surface area (Å²) in [5, 5.41) is 12.4. The number of aliphatic hydroxyl groups is 1. The highest BCUT2D eigenvalue weighted by Gasteiger charge is 2.13. The Kier molecular flexibility index (Phi) is 5.22. The van der Waals surface area contributed by atoms with Gasteiger partial charge >= 0.3 is 0 Å². The van der Waals surface area contributed by atoms with Gasteiger partial charge in [-0.15, -0.1) is 0 Å². The summed E-state index contributed by atoms with van der Waals surface area (Å²) in [6.45, 7) is 7.87. The molecule has 0 aliphatic carbocycles. The Balaban J connectivity index is 2.55. The Bertz CT molecular complexity index is 419. The Hall–Kier alpha value is -1.49. The predicted octanol–water partition coefficient (Wildman–Crippen LogP) is 1.23. The molecule has 5 nitrogen and oxygen atoms in total. The third-order valence-electron chi connectivity index (χ3n) is 2.59. The number of aromatic nitrogens is 2. The van der Waals surface area contributed by atoms with Gasteiger partial charge in [0, 0.05) is 12.7 Å². The number of rotatable bonds is 5. The van der Waals surface area contributed by atoms with Gasteiger partial charge in [-0.05, 0) is 26.2 Å². The van der Waals surface area contributed by atoms with E-state index in [1.807, 2.05) is 13.8 Å². The molecule has 0 radical (unpaired) electrons. The molecule has 100 valence electrons. The van der Waals surface area contributed by atoms with Crippen molar-refractivity contribution in [1.82, 2.24) is 15.3 Å². The molecule has 0 aliphatic rings. The fourth-order valence-electron chi connectivity index (χ4n) is 1.74. The van der Waals surface area contributed by atoms with Crippen molar-refractivity contribution in [1.29, 1.82) is 0 Å². The van der Waals surface area contributed by atoms with E-state index in [1.54, 1.807) is 13.8 Å². The zero-order valence-electron chi connectivity index (χ0n) is 11.4. The molecule has 0 saturated carbocycles. The second-order valence-corrected chi connectivity index (χ2v) is 4.91. The predicted molar refractivity (Wildman–Crippen MR) is 69.3 cm³/mol. The van der Waals surface area contributed by atoms with Crippen molar-refractivity contribution in [3.05, 3.63) is 23.3 Å². The molecule has 0 saturated heterocycles. The molecule has 1 rings (SSSR count). The van der Waals surface area contributed by atoms with Crippen LogP contribution in [0.4, 0.5) is 0 Å². The van der Waals surface area contributed by atoms with Crippen LogP contribution in [0.1, 0.15) is 42.1 Å². The van der Waals surface area contributed by atoms with Gasteiger partial charge in [0.1, 0.15) is 5.82 Å². The van der Waals surface area contributed by atoms with E-state index in [9.17, 15) is 9.90 Å². The molecule has 1 aromatic heterocycles. The largest absolute Gasteiger partial charge is 0.391 e. The molecule has 0 aromatic carbocycles. The third kappa shape index (κ3) is 4.41. The molecule has 1 heterocycles. The first-order valence-electron chi connectivity index (χ1n) is 6.16. The lowest BCUT2D eigenvalue weighted by Gasteiger charge is -2.14. The van der Waals surface area contributed by atoms with Crippen molar-refractivity contribution in [2.75, 3.05) is 6.54 Å². The molecule has 1 amide bonds. The minimum Gasteiger partial charge on any atom is -0.391 e. The Labute approximate surface area is 108 Å². The van der Waals surface area contributed by atoms with Crippen LogP contribution in [-0.2, 0) is 0 Å². The Morgan fingerprint density at radius 3 is 2.67 bits per heavy atom. The highest BCUT2D eigenvalue weighted by Crippen LogP contribution is 2.05. The van der Waals surface area contributed by atoms with Crippen molar-refractivity contribution in [3.8, 4) is 0 Å². The first-order chi connectivity index (χ1) is 8.40. The van der Waals surface area contributed by atoms with Crippen LogP contribution in [0.15, 0.2) is 6.20 Å². The van der Waals surface area contributed by atoms with Gasteiger partial charge in [-0.1, -0.05) is 13.8 Å².